The van der Waals surface area contributed by atoms with Crippen molar-refractivity contribution in [2.45, 2.75) is 26.1 Å². The van der Waals surface area contributed by atoms with Crippen molar-refractivity contribution in [1.29, 1.82) is 0 Å². The first-order valence-corrected chi connectivity index (χ1v) is 10.7. The molecule has 0 saturated carbocycles. The molecule has 3 aromatic carbocycles. The molecule has 0 fully saturated rings. The van der Waals surface area contributed by atoms with Gasteiger partial charge in [0.05, 0.1) is 28.2 Å². The summed E-state index contributed by atoms with van der Waals surface area (Å²) in [4.78, 5) is 18.2. The molecule has 4 aromatic rings. The lowest BCUT2D eigenvalue weighted by Gasteiger charge is -2.30. The number of hydrogen-bond donors (Lipinski definition) is 2. The Morgan fingerprint density at radius 1 is 0.971 bits per heavy atom. The Kier molecular flexibility index (Phi) is 5.16. The second-order valence-electron chi connectivity index (χ2n) is 8.30. The number of aryl methyl sites for hydroxylation is 1. The van der Waals surface area contributed by atoms with Crippen LogP contribution in [0, 0.1) is 6.92 Å². The highest BCUT2D eigenvalue weighted by Gasteiger charge is 2.34. The summed E-state index contributed by atoms with van der Waals surface area (Å²) < 4.78 is 40.7. The average Bonchev–Trinajstić information content (AvgIpc) is 3.16. The number of imidazole rings is 1. The molecule has 172 valence electrons. The topological polar surface area (TPSA) is 59.0 Å². The van der Waals surface area contributed by atoms with Gasteiger partial charge in [0.15, 0.2) is 0 Å². The number of para-hydroxylation sites is 2. The van der Waals surface area contributed by atoms with Crippen LogP contribution in [0.3, 0.4) is 0 Å². The van der Waals surface area contributed by atoms with Crippen LogP contribution in [0.2, 0.25) is 0 Å². The van der Waals surface area contributed by atoms with E-state index in [2.05, 4.69) is 15.6 Å². The Morgan fingerprint density at radius 3 is 2.32 bits per heavy atom. The minimum Gasteiger partial charge on any atom is -0.329 e. The fraction of sp³-hybridized carbons (Fsp3) is 0.154. The zero-order chi connectivity index (χ0) is 24.0. The Labute approximate surface area is 193 Å². The van der Waals surface area contributed by atoms with Crippen LogP contribution in [0.15, 0.2) is 84.1 Å². The Bertz CT molecular complexity index is 1420. The van der Waals surface area contributed by atoms with Crippen molar-refractivity contribution in [3.63, 3.8) is 0 Å². The number of amides is 1. The highest BCUT2D eigenvalue weighted by Crippen LogP contribution is 2.39. The van der Waals surface area contributed by atoms with Gasteiger partial charge in [-0.25, -0.2) is 4.98 Å². The van der Waals surface area contributed by atoms with Crippen molar-refractivity contribution in [1.82, 2.24) is 9.55 Å². The maximum absolute atomic E-state index is 13.5. The van der Waals surface area contributed by atoms with Crippen LogP contribution < -0.4 is 10.6 Å². The summed E-state index contributed by atoms with van der Waals surface area (Å²) in [5, 5.41) is 5.99. The van der Waals surface area contributed by atoms with E-state index in [4.69, 9.17) is 0 Å². The van der Waals surface area contributed by atoms with Crippen LogP contribution >= 0.6 is 0 Å². The number of allylic oxidation sites excluding steroid dienone is 1. The molecule has 2 N–H and O–H groups in total. The van der Waals surface area contributed by atoms with Gasteiger partial charge in [-0.3, -0.25) is 9.36 Å². The molecular weight excluding hydrogens is 441 g/mol. The van der Waals surface area contributed by atoms with E-state index in [-0.39, 0.29) is 5.69 Å². The van der Waals surface area contributed by atoms with Gasteiger partial charge in [-0.05, 0) is 55.8 Å². The number of nitrogens with zero attached hydrogens (tertiary/aromatic N) is 2. The molecule has 1 atom stereocenters. The van der Waals surface area contributed by atoms with Gasteiger partial charge < -0.3 is 10.6 Å². The van der Waals surface area contributed by atoms with E-state index in [1.54, 1.807) is 6.92 Å². The number of carbonyl (C=O) groups is 1. The van der Waals surface area contributed by atoms with Crippen molar-refractivity contribution in [2.75, 3.05) is 10.6 Å². The number of aromatic nitrogens is 2. The quantitative estimate of drug-likeness (QED) is 0.376. The Balaban J connectivity index is 1.58. The fourth-order valence-electron chi connectivity index (χ4n) is 4.26. The summed E-state index contributed by atoms with van der Waals surface area (Å²) >= 11 is 0. The number of anilines is 2. The number of hydrogen-bond acceptors (Lipinski definition) is 3. The Hall–Kier alpha value is -4.07. The molecule has 0 saturated heterocycles. The number of fused-ring (bicyclic) bond motifs is 3. The predicted molar refractivity (Wildman–Crippen MR) is 125 cm³/mol. The summed E-state index contributed by atoms with van der Waals surface area (Å²) in [6, 6.07) is 19.5. The van der Waals surface area contributed by atoms with Crippen molar-refractivity contribution in [3.05, 3.63) is 101 Å². The van der Waals surface area contributed by atoms with Gasteiger partial charge in [-0.2, -0.15) is 13.2 Å². The number of alkyl halides is 3. The van der Waals surface area contributed by atoms with Crippen LogP contribution in [0.5, 0.6) is 0 Å². The summed E-state index contributed by atoms with van der Waals surface area (Å²) in [6.07, 6.45) is -4.44. The summed E-state index contributed by atoms with van der Waals surface area (Å²) in [5.41, 5.74) is 4.23. The monoisotopic (exact) mass is 462 g/mol. The van der Waals surface area contributed by atoms with Crippen LogP contribution in [0.4, 0.5) is 24.8 Å². The molecule has 8 heteroatoms. The van der Waals surface area contributed by atoms with Crippen LogP contribution in [0.1, 0.15) is 29.7 Å². The molecule has 1 aromatic heterocycles. The van der Waals surface area contributed by atoms with Crippen LogP contribution in [-0.2, 0) is 11.0 Å². The number of halogens is 3. The maximum atomic E-state index is 13.5. The predicted octanol–water partition coefficient (Wildman–Crippen LogP) is 6.29. The molecule has 1 amide bonds. The van der Waals surface area contributed by atoms with Gasteiger partial charge in [-0.15, -0.1) is 0 Å². The first kappa shape index (κ1) is 21.8. The maximum Gasteiger partial charge on any atom is 0.416 e. The van der Waals surface area contributed by atoms with Crippen LogP contribution in [0.25, 0.3) is 11.0 Å². The van der Waals surface area contributed by atoms with Crippen LogP contribution in [-0.4, -0.2) is 15.5 Å². The van der Waals surface area contributed by atoms with Gasteiger partial charge in [0.2, 0.25) is 5.95 Å². The lowest BCUT2D eigenvalue weighted by Crippen LogP contribution is -2.30. The van der Waals surface area contributed by atoms with E-state index in [0.717, 1.165) is 34.3 Å². The second-order valence-corrected chi connectivity index (χ2v) is 8.30. The number of benzene rings is 3. The van der Waals surface area contributed by atoms with Gasteiger partial charge in [0, 0.05) is 11.4 Å². The van der Waals surface area contributed by atoms with Crippen molar-refractivity contribution in [2.24, 2.45) is 0 Å². The second kappa shape index (κ2) is 8.06. The van der Waals surface area contributed by atoms with Gasteiger partial charge in [-0.1, -0.05) is 42.0 Å². The first-order chi connectivity index (χ1) is 16.2. The van der Waals surface area contributed by atoms with Crippen molar-refractivity contribution >= 4 is 28.6 Å². The Morgan fingerprint density at radius 2 is 1.65 bits per heavy atom. The molecule has 0 spiro atoms. The van der Waals surface area contributed by atoms with Crippen molar-refractivity contribution in [3.8, 4) is 0 Å². The average molecular weight is 462 g/mol. The lowest BCUT2D eigenvalue weighted by atomic mass is 9.93. The smallest absolute Gasteiger partial charge is 0.329 e. The van der Waals surface area contributed by atoms with E-state index in [9.17, 15) is 18.0 Å². The molecule has 1 aliphatic heterocycles. The van der Waals surface area contributed by atoms with Gasteiger partial charge in [0.1, 0.15) is 0 Å². The van der Waals surface area contributed by atoms with E-state index in [0.29, 0.717) is 17.2 Å². The third-order valence-electron chi connectivity index (χ3n) is 5.94. The zero-order valence-corrected chi connectivity index (χ0v) is 18.4. The van der Waals surface area contributed by atoms with E-state index < -0.39 is 23.7 Å². The highest BCUT2D eigenvalue weighted by molar-refractivity contribution is 6.06. The number of carbonyl (C=O) groups excluding carboxylic acids is 1. The SMILES string of the molecule is CC1=C(C(=O)Nc2ccc(C(F)(F)F)cc2)C(c2ccc(C)cc2)n2c(nc3ccccc32)N1. The molecule has 1 aliphatic rings. The minimum absolute atomic E-state index is 0.280. The molecule has 5 rings (SSSR count). The summed E-state index contributed by atoms with van der Waals surface area (Å²) in [6.45, 7) is 3.79. The molecule has 2 heterocycles. The number of rotatable bonds is 3. The largest absolute Gasteiger partial charge is 0.416 e. The van der Waals surface area contributed by atoms with Gasteiger partial charge in [0.25, 0.3) is 5.91 Å². The van der Waals surface area contributed by atoms with E-state index >= 15 is 0 Å². The van der Waals surface area contributed by atoms with Gasteiger partial charge >= 0.3 is 6.18 Å². The molecule has 1 unspecified atom stereocenters. The molecule has 5 nitrogen and oxygen atoms in total. The number of nitrogens with one attached hydrogen (secondary N) is 2. The van der Waals surface area contributed by atoms with Crippen molar-refractivity contribution < 1.29 is 18.0 Å². The van der Waals surface area contributed by atoms with E-state index in [1.165, 1.54) is 12.1 Å². The molecular formula is C26H21F3N4O. The summed E-state index contributed by atoms with van der Waals surface area (Å²) in [5.74, 6) is 0.217. The molecule has 34 heavy (non-hydrogen) atoms. The highest BCUT2D eigenvalue weighted by atomic mass is 19.4. The third-order valence-corrected chi connectivity index (χ3v) is 5.94. The normalized spacial score (nSPS) is 15.7. The molecule has 0 aliphatic carbocycles. The third kappa shape index (κ3) is 3.81. The fourth-order valence-corrected chi connectivity index (χ4v) is 4.26. The first-order valence-electron chi connectivity index (χ1n) is 10.7. The molecule has 0 radical (unpaired) electrons. The minimum atomic E-state index is -4.44. The van der Waals surface area contributed by atoms with E-state index in [1.807, 2.05) is 60.0 Å². The summed E-state index contributed by atoms with van der Waals surface area (Å²) in [7, 11) is 0. The zero-order valence-electron chi connectivity index (χ0n) is 18.4. The standard InChI is InChI=1S/C26H21F3N4O/c1-15-7-9-17(10-8-15)23-22(24(34)31-19-13-11-18(12-14-19)26(27,28)29)16(2)30-25-32-20-5-3-4-6-21(20)33(23)25/h3-14,23H,1-2H3,(H,30,32)(H,31,34). The molecule has 0 bridgehead atoms. The lowest BCUT2D eigenvalue weighted by molar-refractivity contribution is -0.137.